The molecule has 0 aliphatic carbocycles. The average molecular weight is 378 g/mol. The number of hydrogen-bond acceptors (Lipinski definition) is 2. The first kappa shape index (κ1) is 11.0. The van der Waals surface area contributed by atoms with Gasteiger partial charge in [-0.25, -0.2) is 0 Å². The van der Waals surface area contributed by atoms with E-state index < -0.39 is 0 Å². The van der Waals surface area contributed by atoms with E-state index >= 15 is 0 Å². The second kappa shape index (κ2) is 5.03. The molecule has 1 heterocycles. The van der Waals surface area contributed by atoms with Crippen LogP contribution in [0.1, 0.15) is 5.76 Å². The van der Waals surface area contributed by atoms with Crippen molar-refractivity contribution in [1.82, 2.24) is 0 Å². The van der Waals surface area contributed by atoms with Crippen molar-refractivity contribution in [2.24, 2.45) is 0 Å². The quantitative estimate of drug-likeness (QED) is 0.808. The molecule has 0 amide bonds. The predicted molar refractivity (Wildman–Crippen MR) is 72.9 cm³/mol. The molecule has 78 valence electrons. The minimum absolute atomic E-state index is 0.700. The lowest BCUT2D eigenvalue weighted by atomic mass is 10.3. The minimum atomic E-state index is 0.700. The number of benzene rings is 1. The smallest absolute Gasteiger partial charge is 0.169 e. The highest BCUT2D eigenvalue weighted by molar-refractivity contribution is 14.1. The molecule has 15 heavy (non-hydrogen) atoms. The van der Waals surface area contributed by atoms with Gasteiger partial charge in [-0.05, 0) is 62.8 Å². The maximum absolute atomic E-state index is 5.40. The van der Waals surface area contributed by atoms with Crippen molar-refractivity contribution in [1.29, 1.82) is 0 Å². The van der Waals surface area contributed by atoms with E-state index in [1.807, 2.05) is 24.3 Å². The first-order chi connectivity index (χ1) is 7.25. The van der Waals surface area contributed by atoms with E-state index in [2.05, 4.69) is 56.0 Å². The van der Waals surface area contributed by atoms with Gasteiger partial charge in [0.2, 0.25) is 0 Å². The summed E-state index contributed by atoms with van der Waals surface area (Å²) in [5.74, 6) is 0.918. The zero-order chi connectivity index (χ0) is 10.7. The third kappa shape index (κ3) is 2.98. The van der Waals surface area contributed by atoms with Crippen molar-refractivity contribution < 1.29 is 4.42 Å². The molecule has 4 heteroatoms. The highest BCUT2D eigenvalue weighted by Crippen LogP contribution is 2.19. The zero-order valence-corrected chi connectivity index (χ0v) is 11.6. The molecule has 0 atom stereocenters. The molecule has 2 nitrogen and oxygen atoms in total. The first-order valence-corrected chi connectivity index (χ1v) is 6.35. The van der Waals surface area contributed by atoms with Crippen LogP contribution in [0.25, 0.3) is 0 Å². The van der Waals surface area contributed by atoms with Crippen molar-refractivity contribution in [2.45, 2.75) is 6.54 Å². The van der Waals surface area contributed by atoms with Gasteiger partial charge < -0.3 is 9.73 Å². The molecule has 0 spiro atoms. The summed E-state index contributed by atoms with van der Waals surface area (Å²) in [6.45, 7) is 0.700. The van der Waals surface area contributed by atoms with Crippen LogP contribution in [0.5, 0.6) is 0 Å². The summed E-state index contributed by atoms with van der Waals surface area (Å²) >= 11 is 5.58. The molecule has 0 bridgehead atoms. The van der Waals surface area contributed by atoms with Crippen LogP contribution in [0.4, 0.5) is 5.69 Å². The third-order valence-electron chi connectivity index (χ3n) is 1.96. The second-order valence-corrected chi connectivity index (χ2v) is 4.98. The number of halogens is 2. The predicted octanol–water partition coefficient (Wildman–Crippen LogP) is 4.26. The molecular weight excluding hydrogens is 369 g/mol. The first-order valence-electron chi connectivity index (χ1n) is 4.48. The molecule has 0 aliphatic heterocycles. The van der Waals surface area contributed by atoms with Gasteiger partial charge in [-0.3, -0.25) is 0 Å². The summed E-state index contributed by atoms with van der Waals surface area (Å²) in [5.41, 5.74) is 1.13. The molecule has 0 fully saturated rings. The van der Waals surface area contributed by atoms with Crippen LogP contribution in [0, 0.1) is 3.57 Å². The molecule has 0 radical (unpaired) electrons. The van der Waals surface area contributed by atoms with Crippen LogP contribution in [0.2, 0.25) is 0 Å². The highest BCUT2D eigenvalue weighted by Gasteiger charge is 2.01. The van der Waals surface area contributed by atoms with Gasteiger partial charge in [0, 0.05) is 9.26 Å². The summed E-state index contributed by atoms with van der Waals surface area (Å²) in [7, 11) is 0. The van der Waals surface area contributed by atoms with Gasteiger partial charge in [0.05, 0.1) is 6.54 Å². The fourth-order valence-electron chi connectivity index (χ4n) is 1.23. The van der Waals surface area contributed by atoms with Crippen LogP contribution in [-0.4, -0.2) is 0 Å². The van der Waals surface area contributed by atoms with E-state index in [0.717, 1.165) is 16.1 Å². The monoisotopic (exact) mass is 377 g/mol. The summed E-state index contributed by atoms with van der Waals surface area (Å²) in [6.07, 6.45) is 0. The molecule has 0 saturated heterocycles. The van der Waals surface area contributed by atoms with Crippen LogP contribution in [0.3, 0.4) is 0 Å². The van der Waals surface area contributed by atoms with Crippen molar-refractivity contribution in [2.75, 3.05) is 5.32 Å². The SMILES string of the molecule is Brc1ccc(CNc2ccccc2I)o1. The second-order valence-electron chi connectivity index (χ2n) is 3.04. The number of para-hydroxylation sites is 1. The fraction of sp³-hybridized carbons (Fsp3) is 0.0909. The van der Waals surface area contributed by atoms with Crippen molar-refractivity contribution in [3.8, 4) is 0 Å². The lowest BCUT2D eigenvalue weighted by Crippen LogP contribution is -1.99. The van der Waals surface area contributed by atoms with E-state index in [-0.39, 0.29) is 0 Å². The lowest BCUT2D eigenvalue weighted by molar-refractivity contribution is 0.495. The van der Waals surface area contributed by atoms with Crippen molar-refractivity contribution in [3.05, 3.63) is 50.4 Å². The van der Waals surface area contributed by atoms with Crippen LogP contribution in [-0.2, 0) is 6.54 Å². The summed E-state index contributed by atoms with van der Waals surface area (Å²) in [5, 5.41) is 3.32. The van der Waals surface area contributed by atoms with Crippen LogP contribution >= 0.6 is 38.5 Å². The molecule has 0 saturated carbocycles. The van der Waals surface area contributed by atoms with Gasteiger partial charge in [-0.15, -0.1) is 0 Å². The molecule has 0 aliphatic rings. The molecule has 1 N–H and O–H groups in total. The normalized spacial score (nSPS) is 10.3. The lowest BCUT2D eigenvalue weighted by Gasteiger charge is -2.05. The Balaban J connectivity index is 2.02. The third-order valence-corrected chi connectivity index (χ3v) is 3.32. The van der Waals surface area contributed by atoms with Gasteiger partial charge in [0.15, 0.2) is 4.67 Å². The van der Waals surface area contributed by atoms with Gasteiger partial charge >= 0.3 is 0 Å². The maximum Gasteiger partial charge on any atom is 0.169 e. The number of nitrogens with one attached hydrogen (secondary N) is 1. The van der Waals surface area contributed by atoms with Gasteiger partial charge in [0.25, 0.3) is 0 Å². The number of furan rings is 1. The topological polar surface area (TPSA) is 25.2 Å². The zero-order valence-electron chi connectivity index (χ0n) is 7.84. The molecule has 1 aromatic carbocycles. The standard InChI is InChI=1S/C11H9BrINO/c12-11-6-5-8(15-11)7-14-10-4-2-1-3-9(10)13/h1-6,14H,7H2. The molecule has 1 aromatic heterocycles. The number of hydrogen-bond donors (Lipinski definition) is 1. The van der Waals surface area contributed by atoms with Gasteiger partial charge in [-0.1, -0.05) is 12.1 Å². The molecule has 2 rings (SSSR count). The fourth-order valence-corrected chi connectivity index (χ4v) is 2.15. The maximum atomic E-state index is 5.40. The molecule has 2 aromatic rings. The summed E-state index contributed by atoms with van der Waals surface area (Å²) < 4.78 is 7.37. The van der Waals surface area contributed by atoms with Crippen LogP contribution < -0.4 is 5.32 Å². The van der Waals surface area contributed by atoms with Crippen molar-refractivity contribution in [3.63, 3.8) is 0 Å². The summed E-state index contributed by atoms with van der Waals surface area (Å²) in [4.78, 5) is 0. The Morgan fingerprint density at radius 1 is 1.20 bits per heavy atom. The highest BCUT2D eigenvalue weighted by atomic mass is 127. The Kier molecular flexibility index (Phi) is 3.69. The average Bonchev–Trinajstić information content (AvgIpc) is 2.63. The number of anilines is 1. The largest absolute Gasteiger partial charge is 0.452 e. The Labute approximate surface area is 110 Å². The Morgan fingerprint density at radius 3 is 2.67 bits per heavy atom. The Hall–Kier alpha value is -0.490. The van der Waals surface area contributed by atoms with E-state index in [0.29, 0.717) is 6.54 Å². The van der Waals surface area contributed by atoms with E-state index in [4.69, 9.17) is 4.42 Å². The van der Waals surface area contributed by atoms with E-state index in [1.54, 1.807) is 0 Å². The minimum Gasteiger partial charge on any atom is -0.452 e. The Bertz CT molecular complexity index is 455. The summed E-state index contributed by atoms with van der Waals surface area (Å²) in [6, 6.07) is 12.0. The Morgan fingerprint density at radius 2 is 2.00 bits per heavy atom. The van der Waals surface area contributed by atoms with E-state index in [1.165, 1.54) is 3.57 Å². The molecule has 0 unspecified atom stereocenters. The van der Waals surface area contributed by atoms with E-state index in [9.17, 15) is 0 Å². The van der Waals surface area contributed by atoms with Gasteiger partial charge in [0.1, 0.15) is 5.76 Å². The van der Waals surface area contributed by atoms with Crippen molar-refractivity contribution >= 4 is 44.2 Å². The van der Waals surface area contributed by atoms with Gasteiger partial charge in [-0.2, -0.15) is 0 Å². The van der Waals surface area contributed by atoms with Crippen LogP contribution in [0.15, 0.2) is 45.5 Å². The number of rotatable bonds is 3. The molecular formula is C11H9BrINO.